The highest BCUT2D eigenvalue weighted by molar-refractivity contribution is 7.45. The van der Waals surface area contributed by atoms with Crippen molar-refractivity contribution in [3.05, 3.63) is 0 Å². The van der Waals surface area contributed by atoms with E-state index in [1.807, 2.05) is 20.8 Å². The minimum atomic E-state index is -1.69. The molecule has 0 aliphatic carbocycles. The van der Waals surface area contributed by atoms with Gasteiger partial charge in [-0.3, -0.25) is 9.59 Å². The molecule has 0 spiro atoms. The zero-order valence-electron chi connectivity index (χ0n) is 15.6. The summed E-state index contributed by atoms with van der Waals surface area (Å²) in [6.45, 7) is 6.47. The first-order chi connectivity index (χ1) is 11.9. The van der Waals surface area contributed by atoms with Crippen molar-refractivity contribution in [2.24, 2.45) is 0 Å². The van der Waals surface area contributed by atoms with Crippen LogP contribution in [0.4, 0.5) is 0 Å². The molecule has 4 atom stereocenters. The van der Waals surface area contributed by atoms with Crippen LogP contribution < -0.4 is 0 Å². The molecule has 0 fully saturated rings. The first-order valence-electron chi connectivity index (χ1n) is 8.57. The molecule has 144 valence electrons. The molecular formula is C16H30O7P2+2. The van der Waals surface area contributed by atoms with Gasteiger partial charge in [-0.1, -0.05) is 23.0 Å². The van der Waals surface area contributed by atoms with Gasteiger partial charge in [0, 0.05) is 13.7 Å². The molecule has 0 saturated carbocycles. The lowest BCUT2D eigenvalue weighted by atomic mass is 10.2. The average molecular weight is 396 g/mol. The van der Waals surface area contributed by atoms with Crippen molar-refractivity contribution in [1.29, 1.82) is 0 Å². The van der Waals surface area contributed by atoms with Gasteiger partial charge in [-0.15, -0.1) is 0 Å². The first-order valence-corrected chi connectivity index (χ1v) is 11.6. The molecule has 0 N–H and O–H groups in total. The van der Waals surface area contributed by atoms with Gasteiger partial charge >= 0.3 is 27.5 Å². The van der Waals surface area contributed by atoms with Crippen molar-refractivity contribution in [1.82, 2.24) is 0 Å². The van der Waals surface area contributed by atoms with Crippen molar-refractivity contribution >= 4 is 27.5 Å². The van der Waals surface area contributed by atoms with Crippen LogP contribution >= 0.6 is 15.6 Å². The molecule has 0 rings (SSSR count). The second kappa shape index (κ2) is 14.4. The third kappa shape index (κ3) is 10.8. The van der Waals surface area contributed by atoms with Crippen LogP contribution in [-0.2, 0) is 32.9 Å². The summed E-state index contributed by atoms with van der Waals surface area (Å²) < 4.78 is 38.9. The van der Waals surface area contributed by atoms with Crippen LogP contribution in [0.15, 0.2) is 0 Å². The molecular weight excluding hydrogens is 366 g/mol. The molecule has 9 heteroatoms. The molecule has 0 aliphatic heterocycles. The molecule has 0 aliphatic rings. The Morgan fingerprint density at radius 3 is 1.88 bits per heavy atom. The zero-order chi connectivity index (χ0) is 19.2. The second-order valence-electron chi connectivity index (χ2n) is 5.55. The largest absolute Gasteiger partial charge is 0.393 e. The summed E-state index contributed by atoms with van der Waals surface area (Å²) in [5.74, 6) is -1.39. The Balaban J connectivity index is 4.43. The third-order valence-electron chi connectivity index (χ3n) is 3.71. The fourth-order valence-corrected chi connectivity index (χ4v) is 4.87. The fraction of sp³-hybridized carbons (Fsp3) is 0.875. The Kier molecular flexibility index (Phi) is 14.0. The molecule has 0 heterocycles. The standard InChI is InChI=1S/C16H30O7P2/c1-5-13(24(19)9-8-22-7-3)10-15(17)23-16(18)11-14(6-2)25(20)12-21-4/h13-14H,5-12H2,1-4H3/q+2. The summed E-state index contributed by atoms with van der Waals surface area (Å²) in [6, 6.07) is 0. The lowest BCUT2D eigenvalue weighted by Crippen LogP contribution is -2.20. The molecule has 0 aromatic heterocycles. The first kappa shape index (κ1) is 24.3. The van der Waals surface area contributed by atoms with E-state index in [4.69, 9.17) is 14.2 Å². The SMILES string of the molecule is CCOCC[P+](=O)C(CC)CC(=O)OC(=O)CC(CC)[P+](=O)COC. The highest BCUT2D eigenvalue weighted by atomic mass is 31.1. The van der Waals surface area contributed by atoms with Crippen molar-refractivity contribution in [3.8, 4) is 0 Å². The molecule has 0 bridgehead atoms. The van der Waals surface area contributed by atoms with Gasteiger partial charge in [0.1, 0.15) is 0 Å². The summed E-state index contributed by atoms with van der Waals surface area (Å²) >= 11 is 0. The number of ether oxygens (including phenoxy) is 3. The lowest BCUT2D eigenvalue weighted by molar-refractivity contribution is -0.159. The molecule has 0 aromatic rings. The maximum atomic E-state index is 12.2. The van der Waals surface area contributed by atoms with Gasteiger partial charge in [0.2, 0.25) is 6.35 Å². The van der Waals surface area contributed by atoms with Crippen molar-refractivity contribution in [3.63, 3.8) is 0 Å². The molecule has 0 radical (unpaired) electrons. The van der Waals surface area contributed by atoms with Gasteiger partial charge in [-0.05, 0) is 19.8 Å². The van der Waals surface area contributed by atoms with Gasteiger partial charge in [0.15, 0.2) is 17.5 Å². The van der Waals surface area contributed by atoms with E-state index in [-0.39, 0.29) is 30.5 Å². The van der Waals surface area contributed by atoms with E-state index in [1.54, 1.807) is 0 Å². The van der Waals surface area contributed by atoms with Crippen LogP contribution in [0, 0.1) is 0 Å². The van der Waals surface area contributed by atoms with Crippen LogP contribution in [-0.4, -0.2) is 56.1 Å². The van der Waals surface area contributed by atoms with Crippen LogP contribution in [0.2, 0.25) is 0 Å². The molecule has 7 nitrogen and oxygen atoms in total. The van der Waals surface area contributed by atoms with Gasteiger partial charge in [0.25, 0.3) is 0 Å². The minimum absolute atomic E-state index is 0.0649. The Bertz CT molecular complexity index is 454. The Hall–Kier alpha value is -0.740. The van der Waals surface area contributed by atoms with Gasteiger partial charge in [0.05, 0.1) is 19.4 Å². The van der Waals surface area contributed by atoms with E-state index in [2.05, 4.69) is 0 Å². The summed E-state index contributed by atoms with van der Waals surface area (Å²) in [5.41, 5.74) is -0.706. The van der Waals surface area contributed by atoms with Gasteiger partial charge in [-0.2, -0.15) is 0 Å². The number of esters is 2. The van der Waals surface area contributed by atoms with Gasteiger partial charge in [-0.25, -0.2) is 0 Å². The van der Waals surface area contributed by atoms with E-state index in [0.717, 1.165) is 0 Å². The van der Waals surface area contributed by atoms with E-state index in [9.17, 15) is 18.7 Å². The summed E-state index contributed by atoms with van der Waals surface area (Å²) in [6.07, 6.45) is 1.40. The van der Waals surface area contributed by atoms with E-state index >= 15 is 0 Å². The number of methoxy groups -OCH3 is 1. The van der Waals surface area contributed by atoms with Gasteiger partial charge < -0.3 is 14.2 Å². The average Bonchev–Trinajstić information content (AvgIpc) is 2.57. The predicted molar refractivity (Wildman–Crippen MR) is 96.9 cm³/mol. The summed E-state index contributed by atoms with van der Waals surface area (Å²) in [5, 5.41) is 0. The molecule has 0 amide bonds. The Morgan fingerprint density at radius 2 is 1.44 bits per heavy atom. The minimum Gasteiger partial charge on any atom is -0.393 e. The summed E-state index contributed by atoms with van der Waals surface area (Å²) in [7, 11) is -1.84. The topological polar surface area (TPSA) is 96.0 Å². The Morgan fingerprint density at radius 1 is 0.920 bits per heavy atom. The number of hydrogen-bond acceptors (Lipinski definition) is 7. The number of hydrogen-bond donors (Lipinski definition) is 0. The normalized spacial score (nSPS) is 14.6. The van der Waals surface area contributed by atoms with Crippen LogP contribution in [0.3, 0.4) is 0 Å². The van der Waals surface area contributed by atoms with Crippen LogP contribution in [0.1, 0.15) is 46.5 Å². The maximum absolute atomic E-state index is 12.2. The maximum Gasteiger partial charge on any atom is 0.370 e. The fourth-order valence-electron chi connectivity index (χ4n) is 2.21. The van der Waals surface area contributed by atoms with Crippen molar-refractivity contribution in [2.45, 2.75) is 57.8 Å². The number of rotatable bonds is 14. The highest BCUT2D eigenvalue weighted by Gasteiger charge is 2.34. The third-order valence-corrected chi connectivity index (χ3v) is 7.57. The van der Waals surface area contributed by atoms with Crippen LogP contribution in [0.5, 0.6) is 0 Å². The van der Waals surface area contributed by atoms with E-state index in [0.29, 0.717) is 32.2 Å². The molecule has 0 aromatic carbocycles. The Labute approximate surface area is 151 Å². The number of carbonyl (C=O) groups excluding carboxylic acids is 2. The quantitative estimate of drug-likeness (QED) is 0.191. The molecule has 4 unspecified atom stereocenters. The smallest absolute Gasteiger partial charge is 0.370 e. The lowest BCUT2D eigenvalue weighted by Gasteiger charge is -2.07. The van der Waals surface area contributed by atoms with E-state index < -0.39 is 27.5 Å². The highest BCUT2D eigenvalue weighted by Crippen LogP contribution is 2.34. The monoisotopic (exact) mass is 396 g/mol. The second-order valence-corrected chi connectivity index (χ2v) is 9.39. The number of carbonyl (C=O) groups is 2. The zero-order valence-corrected chi connectivity index (χ0v) is 17.4. The predicted octanol–water partition coefficient (Wildman–Crippen LogP) is 3.69. The molecule has 0 saturated heterocycles. The van der Waals surface area contributed by atoms with Crippen molar-refractivity contribution < 1.29 is 32.9 Å². The summed E-state index contributed by atoms with van der Waals surface area (Å²) in [4.78, 5) is 23.8. The van der Waals surface area contributed by atoms with Crippen molar-refractivity contribution in [2.75, 3.05) is 32.8 Å². The molecule has 25 heavy (non-hydrogen) atoms. The van der Waals surface area contributed by atoms with E-state index in [1.165, 1.54) is 7.11 Å². The van der Waals surface area contributed by atoms with Crippen LogP contribution in [0.25, 0.3) is 0 Å².